The van der Waals surface area contributed by atoms with Crippen molar-refractivity contribution < 1.29 is 19.4 Å². The van der Waals surface area contributed by atoms with E-state index in [0.29, 0.717) is 13.2 Å². The first-order valence-corrected chi connectivity index (χ1v) is 8.01. The molecule has 0 unspecified atom stereocenters. The van der Waals surface area contributed by atoms with E-state index >= 15 is 0 Å². The van der Waals surface area contributed by atoms with Crippen LogP contribution >= 0.6 is 0 Å². The topological polar surface area (TPSA) is 106 Å². The number of hydrogen-bond donors (Lipinski definition) is 3. The number of imidazole rings is 1. The van der Waals surface area contributed by atoms with Crippen molar-refractivity contribution in [3.63, 3.8) is 0 Å². The fourth-order valence-corrected chi connectivity index (χ4v) is 3.42. The maximum atomic E-state index is 12.2. The third-order valence-corrected chi connectivity index (χ3v) is 4.62. The fraction of sp³-hybridized carbons (Fsp3) is 0.500. The number of aromatic nitrogens is 2. The number of aliphatic hydroxyl groups is 1. The molecule has 2 saturated heterocycles. The van der Waals surface area contributed by atoms with Gasteiger partial charge in [0, 0.05) is 13.0 Å². The highest BCUT2D eigenvalue weighted by Crippen LogP contribution is 2.26. The number of aliphatic hydroxyl groups excluding tert-OH is 1. The van der Waals surface area contributed by atoms with E-state index in [-0.39, 0.29) is 42.9 Å². The summed E-state index contributed by atoms with van der Waals surface area (Å²) in [5, 5.41) is 12.6. The number of hydrogen-bond acceptors (Lipinski definition) is 5. The summed E-state index contributed by atoms with van der Waals surface area (Å²) in [4.78, 5) is 27.0. The summed E-state index contributed by atoms with van der Waals surface area (Å²) in [5.74, 6) is -0.175. The lowest BCUT2D eigenvalue weighted by atomic mass is 10.1. The van der Waals surface area contributed by atoms with Crippen LogP contribution in [0, 0.1) is 0 Å². The van der Waals surface area contributed by atoms with Gasteiger partial charge in [0.2, 0.25) is 5.91 Å². The van der Waals surface area contributed by atoms with Crippen LogP contribution < -0.4 is 11.0 Å². The summed E-state index contributed by atoms with van der Waals surface area (Å²) in [5.41, 5.74) is 1.31. The largest absolute Gasteiger partial charge is 0.388 e. The molecule has 3 N–H and O–H groups in total. The summed E-state index contributed by atoms with van der Waals surface area (Å²) in [6.07, 6.45) is -1.13. The van der Waals surface area contributed by atoms with E-state index in [1.165, 1.54) is 0 Å². The minimum atomic E-state index is -0.637. The Bertz CT molecular complexity index is 813. The molecule has 8 nitrogen and oxygen atoms in total. The van der Waals surface area contributed by atoms with Gasteiger partial charge in [0.15, 0.2) is 0 Å². The molecule has 0 bridgehead atoms. The predicted octanol–water partition coefficient (Wildman–Crippen LogP) is -0.637. The number of amides is 1. The first-order chi connectivity index (χ1) is 11.6. The van der Waals surface area contributed by atoms with E-state index in [0.717, 1.165) is 11.0 Å². The zero-order chi connectivity index (χ0) is 16.7. The molecule has 8 heteroatoms. The number of ether oxygens (including phenoxy) is 2. The third kappa shape index (κ3) is 2.62. The van der Waals surface area contributed by atoms with Gasteiger partial charge in [0.05, 0.1) is 30.3 Å². The number of H-pyrrole nitrogens is 1. The van der Waals surface area contributed by atoms with Gasteiger partial charge in [0.1, 0.15) is 18.3 Å². The van der Waals surface area contributed by atoms with Crippen LogP contribution in [0.15, 0.2) is 29.1 Å². The lowest BCUT2D eigenvalue weighted by Gasteiger charge is -2.17. The molecule has 1 amide bonds. The van der Waals surface area contributed by atoms with Crippen molar-refractivity contribution in [3.05, 3.63) is 34.7 Å². The second-order valence-corrected chi connectivity index (χ2v) is 6.19. The second-order valence-electron chi connectivity index (χ2n) is 6.19. The summed E-state index contributed by atoms with van der Waals surface area (Å²) >= 11 is 0. The molecule has 128 valence electrons. The summed E-state index contributed by atoms with van der Waals surface area (Å²) in [7, 11) is 0. The summed E-state index contributed by atoms with van der Waals surface area (Å²) in [6.45, 7) is 0.845. The van der Waals surface area contributed by atoms with Crippen molar-refractivity contribution in [2.45, 2.75) is 37.3 Å². The Balaban J connectivity index is 1.38. The number of aromatic amines is 1. The van der Waals surface area contributed by atoms with Crippen LogP contribution in [0.4, 0.5) is 0 Å². The summed E-state index contributed by atoms with van der Waals surface area (Å²) in [6, 6.07) is 7.10. The van der Waals surface area contributed by atoms with Gasteiger partial charge >= 0.3 is 5.69 Å². The molecule has 4 atom stereocenters. The predicted molar refractivity (Wildman–Crippen MR) is 84.6 cm³/mol. The first-order valence-electron chi connectivity index (χ1n) is 8.01. The molecule has 2 aromatic rings. The molecule has 0 saturated carbocycles. The minimum absolute atomic E-state index is 0.175. The van der Waals surface area contributed by atoms with Crippen LogP contribution in [0.25, 0.3) is 11.0 Å². The van der Waals surface area contributed by atoms with Gasteiger partial charge < -0.3 is 24.9 Å². The molecule has 1 aromatic heterocycles. The number of nitrogens with zero attached hydrogens (tertiary/aromatic N) is 1. The normalized spacial score (nSPS) is 29.0. The number of benzene rings is 1. The van der Waals surface area contributed by atoms with Crippen molar-refractivity contribution in [2.24, 2.45) is 0 Å². The van der Waals surface area contributed by atoms with Crippen LogP contribution in [0.5, 0.6) is 0 Å². The van der Waals surface area contributed by atoms with E-state index < -0.39 is 6.10 Å². The van der Waals surface area contributed by atoms with E-state index in [2.05, 4.69) is 10.3 Å². The molecular weight excluding hydrogens is 314 g/mol. The first kappa shape index (κ1) is 15.4. The molecule has 2 aliphatic heterocycles. The molecule has 2 aliphatic rings. The van der Waals surface area contributed by atoms with Crippen LogP contribution in [0.1, 0.15) is 6.42 Å². The van der Waals surface area contributed by atoms with Gasteiger partial charge in [-0.05, 0) is 12.1 Å². The molecule has 2 fully saturated rings. The molecule has 3 heterocycles. The average Bonchev–Trinajstić information content (AvgIpc) is 3.21. The molecule has 0 aliphatic carbocycles. The monoisotopic (exact) mass is 333 g/mol. The van der Waals surface area contributed by atoms with Crippen molar-refractivity contribution in [2.75, 3.05) is 13.2 Å². The van der Waals surface area contributed by atoms with E-state index in [1.807, 2.05) is 24.3 Å². The maximum Gasteiger partial charge on any atom is 0.326 e. The zero-order valence-electron chi connectivity index (χ0n) is 13.0. The van der Waals surface area contributed by atoms with Crippen molar-refractivity contribution in [3.8, 4) is 0 Å². The standard InChI is InChI=1S/C16H19N3O5/c20-12-8-24-14-10(7-23-15(12)14)17-13(21)5-6-19-11-4-2-1-3-9(11)18-16(19)22/h1-4,10,12,14-15,20H,5-8H2,(H,17,21)(H,18,22)/t10-,12-,14-,15-/m1/s1. The third-order valence-electron chi connectivity index (χ3n) is 4.62. The van der Waals surface area contributed by atoms with Crippen molar-refractivity contribution >= 4 is 16.9 Å². The zero-order valence-corrected chi connectivity index (χ0v) is 13.0. The van der Waals surface area contributed by atoms with Crippen LogP contribution in [-0.2, 0) is 20.8 Å². The van der Waals surface area contributed by atoms with Crippen LogP contribution in [-0.4, -0.2) is 58.1 Å². The maximum absolute atomic E-state index is 12.2. The van der Waals surface area contributed by atoms with Gasteiger partial charge in [-0.15, -0.1) is 0 Å². The molecular formula is C16H19N3O5. The van der Waals surface area contributed by atoms with Gasteiger partial charge in [-0.2, -0.15) is 0 Å². The lowest BCUT2D eigenvalue weighted by molar-refractivity contribution is -0.122. The average molecular weight is 333 g/mol. The van der Waals surface area contributed by atoms with Crippen LogP contribution in [0.2, 0.25) is 0 Å². The van der Waals surface area contributed by atoms with Crippen molar-refractivity contribution in [1.29, 1.82) is 0 Å². The highest BCUT2D eigenvalue weighted by molar-refractivity contribution is 5.77. The van der Waals surface area contributed by atoms with Gasteiger partial charge in [-0.1, -0.05) is 12.1 Å². The number of para-hydroxylation sites is 2. The Hall–Kier alpha value is -2.16. The van der Waals surface area contributed by atoms with Crippen LogP contribution in [0.3, 0.4) is 0 Å². The Kier molecular flexibility index (Phi) is 3.87. The van der Waals surface area contributed by atoms with E-state index in [4.69, 9.17) is 9.47 Å². The van der Waals surface area contributed by atoms with Gasteiger partial charge in [0.25, 0.3) is 0 Å². The van der Waals surface area contributed by atoms with E-state index in [9.17, 15) is 14.7 Å². The highest BCUT2D eigenvalue weighted by Gasteiger charge is 2.47. The Morgan fingerprint density at radius 2 is 2.08 bits per heavy atom. The highest BCUT2D eigenvalue weighted by atomic mass is 16.6. The number of rotatable bonds is 4. The molecule has 0 radical (unpaired) electrons. The molecule has 4 rings (SSSR count). The Labute approximate surface area is 137 Å². The lowest BCUT2D eigenvalue weighted by Crippen LogP contribution is -2.44. The SMILES string of the molecule is O=C(CCn1c(=O)[nH]c2ccccc21)N[C@@H]1CO[C@H]2[C@@H]1OC[C@H]2O. The Morgan fingerprint density at radius 1 is 1.29 bits per heavy atom. The second kappa shape index (κ2) is 6.04. The molecule has 0 spiro atoms. The fourth-order valence-electron chi connectivity index (χ4n) is 3.42. The van der Waals surface area contributed by atoms with E-state index in [1.54, 1.807) is 4.57 Å². The number of fused-ring (bicyclic) bond motifs is 2. The smallest absolute Gasteiger partial charge is 0.326 e. The van der Waals surface area contributed by atoms with Gasteiger partial charge in [-0.3, -0.25) is 9.36 Å². The number of nitrogens with one attached hydrogen (secondary N) is 2. The number of aryl methyl sites for hydroxylation is 1. The number of carbonyl (C=O) groups excluding carboxylic acids is 1. The minimum Gasteiger partial charge on any atom is -0.388 e. The molecule has 1 aromatic carbocycles. The van der Waals surface area contributed by atoms with Crippen molar-refractivity contribution in [1.82, 2.24) is 14.9 Å². The Morgan fingerprint density at radius 3 is 2.96 bits per heavy atom. The molecule has 24 heavy (non-hydrogen) atoms. The van der Waals surface area contributed by atoms with Gasteiger partial charge in [-0.25, -0.2) is 4.79 Å². The summed E-state index contributed by atoms with van der Waals surface area (Å²) < 4.78 is 12.5. The quantitative estimate of drug-likeness (QED) is 0.690. The number of carbonyl (C=O) groups is 1.